The highest BCUT2D eigenvalue weighted by molar-refractivity contribution is 5.95. The third-order valence-corrected chi connectivity index (χ3v) is 8.01. The highest BCUT2D eigenvalue weighted by Crippen LogP contribution is 2.23. The summed E-state index contributed by atoms with van der Waals surface area (Å²) in [5.74, 6) is -4.58. The number of carboxylic acids is 1. The minimum atomic E-state index is -2.02. The van der Waals surface area contributed by atoms with E-state index in [1.165, 1.54) is 0 Å². The quantitative estimate of drug-likeness (QED) is 0.134. The molecule has 3 saturated heterocycles. The second-order valence-corrected chi connectivity index (χ2v) is 11.1. The van der Waals surface area contributed by atoms with Crippen molar-refractivity contribution in [1.82, 2.24) is 36.6 Å². The number of aliphatic hydroxyl groups excluding tert-OH is 3. The molecule has 4 amide bonds. The molecule has 3 heterocycles. The molecule has 0 aromatic carbocycles. The third kappa shape index (κ3) is 7.13. The zero-order valence-corrected chi connectivity index (χ0v) is 23.7. The molecule has 3 aliphatic rings. The SMILES string of the molecule is CCC(C)C(O)C(=O)N1NCCCC1C(=O)N1NCCCC1C(=O)N1NCC(O)CC1C(=O)NC(C)(CO)C(=O)O. The summed E-state index contributed by atoms with van der Waals surface area (Å²) >= 11 is 0. The van der Waals surface area contributed by atoms with Crippen LogP contribution in [0.3, 0.4) is 0 Å². The number of carbonyl (C=O) groups is 5. The van der Waals surface area contributed by atoms with Crippen molar-refractivity contribution >= 4 is 29.6 Å². The van der Waals surface area contributed by atoms with Gasteiger partial charge in [-0.2, -0.15) is 0 Å². The Bertz CT molecular complexity index is 1000. The average molecular weight is 586 g/mol. The van der Waals surface area contributed by atoms with Crippen LogP contribution in [-0.2, 0) is 24.0 Å². The van der Waals surface area contributed by atoms with Crippen LogP contribution in [0.25, 0.3) is 0 Å². The number of hydrogen-bond donors (Lipinski definition) is 8. The lowest BCUT2D eigenvalue weighted by Gasteiger charge is -2.45. The van der Waals surface area contributed by atoms with Crippen LogP contribution < -0.4 is 21.6 Å². The fourth-order valence-corrected chi connectivity index (χ4v) is 5.06. The molecule has 0 bridgehead atoms. The highest BCUT2D eigenvalue weighted by atomic mass is 16.4. The number of aliphatic hydroxyl groups is 3. The number of aliphatic carboxylic acids is 1. The molecule has 8 N–H and O–H groups in total. The number of hydrazine groups is 3. The van der Waals surface area contributed by atoms with Crippen molar-refractivity contribution in [3.05, 3.63) is 0 Å². The maximum absolute atomic E-state index is 13.9. The molecule has 41 heavy (non-hydrogen) atoms. The predicted molar refractivity (Wildman–Crippen MR) is 142 cm³/mol. The van der Waals surface area contributed by atoms with Crippen LogP contribution in [0.4, 0.5) is 0 Å². The number of carbonyl (C=O) groups excluding carboxylic acids is 4. The van der Waals surface area contributed by atoms with E-state index in [-0.39, 0.29) is 25.3 Å². The maximum atomic E-state index is 13.9. The molecule has 0 spiro atoms. The van der Waals surface area contributed by atoms with Gasteiger partial charge in [-0.25, -0.2) is 21.1 Å². The summed E-state index contributed by atoms with van der Waals surface area (Å²) in [6.07, 6.45) is -0.349. The Morgan fingerprint density at radius 3 is 2.02 bits per heavy atom. The lowest BCUT2D eigenvalue weighted by molar-refractivity contribution is -0.168. The van der Waals surface area contributed by atoms with Crippen molar-refractivity contribution in [2.45, 2.75) is 95.2 Å². The largest absolute Gasteiger partial charge is 0.479 e. The Hall–Kier alpha value is -2.89. The Morgan fingerprint density at radius 2 is 1.49 bits per heavy atom. The Morgan fingerprint density at radius 1 is 0.951 bits per heavy atom. The van der Waals surface area contributed by atoms with Crippen LogP contribution in [0.2, 0.25) is 0 Å². The molecule has 232 valence electrons. The standard InChI is InChI=1S/C25H43N7O9/c1-4-14(2)19(35)23(39)31-17(8-6-10-27-31)21(37)30-16(7-5-9-26-30)22(38)32-18(11-15(34)12-28-32)20(36)29-25(3,13-33)24(40)41/h14-19,26-28,33-35H,4-13H2,1-3H3,(H,29,36)(H,40,41). The van der Waals surface area contributed by atoms with Crippen molar-refractivity contribution in [2.24, 2.45) is 5.92 Å². The molecule has 7 unspecified atom stereocenters. The highest BCUT2D eigenvalue weighted by Gasteiger charge is 2.47. The Balaban J connectivity index is 1.84. The van der Waals surface area contributed by atoms with Crippen LogP contribution in [0.1, 0.15) is 59.3 Å². The van der Waals surface area contributed by atoms with Gasteiger partial charge in [-0.3, -0.25) is 34.2 Å². The van der Waals surface area contributed by atoms with Crippen molar-refractivity contribution in [3.8, 4) is 0 Å². The lowest BCUT2D eigenvalue weighted by atomic mass is 9.98. The number of hydrogen-bond acceptors (Lipinski definition) is 11. The first-order valence-electron chi connectivity index (χ1n) is 14.1. The van der Waals surface area contributed by atoms with Gasteiger partial charge >= 0.3 is 5.97 Å². The van der Waals surface area contributed by atoms with Gasteiger partial charge in [-0.05, 0) is 38.5 Å². The van der Waals surface area contributed by atoms with Crippen LogP contribution in [0.15, 0.2) is 0 Å². The summed E-state index contributed by atoms with van der Waals surface area (Å²) in [7, 11) is 0. The van der Waals surface area contributed by atoms with Crippen molar-refractivity contribution in [3.63, 3.8) is 0 Å². The van der Waals surface area contributed by atoms with E-state index in [2.05, 4.69) is 21.6 Å². The van der Waals surface area contributed by atoms with Gasteiger partial charge in [0.15, 0.2) is 5.54 Å². The van der Waals surface area contributed by atoms with Crippen LogP contribution in [0.5, 0.6) is 0 Å². The molecule has 16 heteroatoms. The second-order valence-electron chi connectivity index (χ2n) is 11.1. The summed E-state index contributed by atoms with van der Waals surface area (Å²) in [6, 6.07) is -3.42. The monoisotopic (exact) mass is 585 g/mol. The summed E-state index contributed by atoms with van der Waals surface area (Å²) in [5, 5.41) is 45.3. The van der Waals surface area contributed by atoms with E-state index in [0.29, 0.717) is 38.8 Å². The normalized spacial score (nSPS) is 28.3. The van der Waals surface area contributed by atoms with E-state index >= 15 is 0 Å². The summed E-state index contributed by atoms with van der Waals surface area (Å²) in [4.78, 5) is 65.6. The van der Waals surface area contributed by atoms with Gasteiger partial charge in [0.1, 0.15) is 24.2 Å². The maximum Gasteiger partial charge on any atom is 0.331 e. The van der Waals surface area contributed by atoms with Crippen LogP contribution in [-0.4, -0.2) is 127 Å². The van der Waals surface area contributed by atoms with E-state index in [1.807, 2.05) is 6.92 Å². The number of β-amino-alcohol motifs (C(OH)–C–C–N with tert-alkyl or cyclic N) is 1. The van der Waals surface area contributed by atoms with Crippen molar-refractivity contribution in [1.29, 1.82) is 0 Å². The minimum absolute atomic E-state index is 0.0673. The molecular formula is C25H43N7O9. The van der Waals surface area contributed by atoms with Gasteiger partial charge < -0.3 is 25.7 Å². The number of nitrogens with one attached hydrogen (secondary N) is 4. The molecular weight excluding hydrogens is 542 g/mol. The molecule has 0 aromatic heterocycles. The van der Waals surface area contributed by atoms with E-state index in [0.717, 1.165) is 22.0 Å². The van der Waals surface area contributed by atoms with Gasteiger partial charge in [0.05, 0.1) is 12.7 Å². The van der Waals surface area contributed by atoms with Crippen molar-refractivity contribution in [2.75, 3.05) is 26.2 Å². The third-order valence-electron chi connectivity index (χ3n) is 8.01. The van der Waals surface area contributed by atoms with Gasteiger partial charge in [-0.15, -0.1) is 0 Å². The van der Waals surface area contributed by atoms with E-state index in [9.17, 15) is 44.4 Å². The van der Waals surface area contributed by atoms with Crippen LogP contribution >= 0.6 is 0 Å². The summed E-state index contributed by atoms with van der Waals surface area (Å²) in [5.41, 5.74) is 6.55. The fraction of sp³-hybridized carbons (Fsp3) is 0.800. The average Bonchev–Trinajstić information content (AvgIpc) is 2.98. The first-order valence-corrected chi connectivity index (χ1v) is 14.1. The molecule has 0 aliphatic carbocycles. The fourth-order valence-electron chi connectivity index (χ4n) is 5.06. The molecule has 0 saturated carbocycles. The number of nitrogens with zero attached hydrogens (tertiary/aromatic N) is 3. The topological polar surface area (TPSA) is 224 Å². The van der Waals surface area contributed by atoms with Crippen molar-refractivity contribution < 1.29 is 44.4 Å². The minimum Gasteiger partial charge on any atom is -0.479 e. The second kappa shape index (κ2) is 13.8. The van der Waals surface area contributed by atoms with Gasteiger partial charge in [-0.1, -0.05) is 20.3 Å². The van der Waals surface area contributed by atoms with E-state index < -0.39 is 72.1 Å². The van der Waals surface area contributed by atoms with Gasteiger partial charge in [0, 0.05) is 26.1 Å². The van der Waals surface area contributed by atoms with E-state index in [1.54, 1.807) is 6.92 Å². The Labute approximate surface area is 238 Å². The molecule has 3 fully saturated rings. The number of carboxylic acid groups (broad SMARTS) is 1. The van der Waals surface area contributed by atoms with Gasteiger partial charge in [0.2, 0.25) is 5.91 Å². The molecule has 7 atom stereocenters. The molecule has 0 aromatic rings. The van der Waals surface area contributed by atoms with E-state index in [4.69, 9.17) is 0 Å². The first kappa shape index (κ1) is 32.6. The summed E-state index contributed by atoms with van der Waals surface area (Å²) in [6.45, 7) is 4.52. The number of amides is 4. The first-order chi connectivity index (χ1) is 19.4. The smallest absolute Gasteiger partial charge is 0.331 e. The number of rotatable bonds is 9. The summed E-state index contributed by atoms with van der Waals surface area (Å²) < 4.78 is 0. The Kier molecular flexibility index (Phi) is 11.0. The molecule has 3 rings (SSSR count). The zero-order chi connectivity index (χ0) is 30.5. The molecule has 0 radical (unpaired) electrons. The lowest BCUT2D eigenvalue weighted by Crippen LogP contribution is -2.71. The predicted octanol–water partition coefficient (Wildman–Crippen LogP) is -3.20. The van der Waals surface area contributed by atoms with Crippen LogP contribution in [0, 0.1) is 5.92 Å². The van der Waals surface area contributed by atoms with Gasteiger partial charge in [0.25, 0.3) is 17.7 Å². The zero-order valence-electron chi connectivity index (χ0n) is 23.7. The molecule has 3 aliphatic heterocycles. The molecule has 16 nitrogen and oxygen atoms in total.